The maximum absolute atomic E-state index is 11.7. The Morgan fingerprint density at radius 1 is 1.03 bits per heavy atom. The number of ketones is 1. The number of imidazole rings is 1. The van der Waals surface area contributed by atoms with E-state index in [9.17, 15) is 4.79 Å². The smallest absolute Gasteiger partial charge is 0.213 e. The molecule has 2 heterocycles. The van der Waals surface area contributed by atoms with E-state index in [-0.39, 0.29) is 5.78 Å². The van der Waals surface area contributed by atoms with Gasteiger partial charge in [0.25, 0.3) is 0 Å². The van der Waals surface area contributed by atoms with Gasteiger partial charge in [0, 0.05) is 35.3 Å². The van der Waals surface area contributed by atoms with Crippen molar-refractivity contribution in [3.63, 3.8) is 0 Å². The number of rotatable bonds is 6. The van der Waals surface area contributed by atoms with E-state index in [1.54, 1.807) is 39.5 Å². The number of Topliss-reactive ketones (excluding diaryl/α,β-unsaturated/α-hetero) is 1. The van der Waals surface area contributed by atoms with Crippen molar-refractivity contribution in [2.75, 3.05) is 19.5 Å². The fraction of sp³-hybridized carbons (Fsp3) is 0.136. The van der Waals surface area contributed by atoms with Gasteiger partial charge in [-0.25, -0.2) is 9.97 Å². The Hall–Kier alpha value is -3.87. The first kappa shape index (κ1) is 18.5. The number of carbonyl (C=O) groups is 1. The van der Waals surface area contributed by atoms with Gasteiger partial charge in [0.2, 0.25) is 5.95 Å². The molecule has 0 saturated heterocycles. The van der Waals surface area contributed by atoms with Crippen LogP contribution in [0.5, 0.6) is 11.5 Å². The van der Waals surface area contributed by atoms with Crippen LogP contribution in [0.15, 0.2) is 60.9 Å². The van der Waals surface area contributed by atoms with Gasteiger partial charge in [0.1, 0.15) is 5.65 Å². The third-order valence-electron chi connectivity index (χ3n) is 4.59. The number of methoxy groups -OCH3 is 2. The van der Waals surface area contributed by atoms with Crippen LogP contribution in [-0.2, 0) is 0 Å². The Morgan fingerprint density at radius 2 is 1.86 bits per heavy atom. The first-order chi connectivity index (χ1) is 14.1. The molecule has 0 amide bonds. The molecule has 0 bridgehead atoms. The van der Waals surface area contributed by atoms with E-state index >= 15 is 0 Å². The van der Waals surface area contributed by atoms with Gasteiger partial charge in [0.05, 0.1) is 19.9 Å². The number of nitrogens with one attached hydrogen (secondary N) is 1. The molecule has 146 valence electrons. The quantitative estimate of drug-likeness (QED) is 0.495. The summed E-state index contributed by atoms with van der Waals surface area (Å²) in [4.78, 5) is 20.9. The molecule has 2 aromatic heterocycles. The van der Waals surface area contributed by atoms with Crippen LogP contribution in [0.4, 0.5) is 11.6 Å². The number of nitrogens with zero attached hydrogens (tertiary/aromatic N) is 3. The van der Waals surface area contributed by atoms with E-state index in [1.807, 2.05) is 47.0 Å². The van der Waals surface area contributed by atoms with Gasteiger partial charge >= 0.3 is 0 Å². The Balaban J connectivity index is 1.79. The average Bonchev–Trinajstić information content (AvgIpc) is 3.22. The summed E-state index contributed by atoms with van der Waals surface area (Å²) in [6.07, 6.45) is 3.55. The summed E-state index contributed by atoms with van der Waals surface area (Å²) in [7, 11) is 3.20. The Bertz CT molecular complexity index is 1200. The zero-order chi connectivity index (χ0) is 20.4. The Labute approximate surface area is 168 Å². The average molecular weight is 388 g/mol. The number of ether oxygens (including phenoxy) is 2. The minimum atomic E-state index is 0.00784. The van der Waals surface area contributed by atoms with Crippen molar-refractivity contribution in [1.82, 2.24) is 14.4 Å². The molecule has 7 heteroatoms. The first-order valence-electron chi connectivity index (χ1n) is 9.03. The Kier molecular flexibility index (Phi) is 4.87. The SMILES string of the molecule is COc1ccc(-c2cc3nccn3c(Nc3cccc(C(C)=O)c3)n2)cc1OC. The van der Waals surface area contributed by atoms with E-state index in [0.717, 1.165) is 22.6 Å². The van der Waals surface area contributed by atoms with Crippen LogP contribution in [0, 0.1) is 0 Å². The predicted octanol–water partition coefficient (Wildman–Crippen LogP) is 4.36. The summed E-state index contributed by atoms with van der Waals surface area (Å²) in [5.74, 6) is 1.87. The molecule has 0 aliphatic rings. The third kappa shape index (κ3) is 3.62. The third-order valence-corrected chi connectivity index (χ3v) is 4.59. The lowest BCUT2D eigenvalue weighted by molar-refractivity contribution is 0.101. The number of aromatic nitrogens is 3. The van der Waals surface area contributed by atoms with Crippen molar-refractivity contribution in [2.45, 2.75) is 6.92 Å². The van der Waals surface area contributed by atoms with Gasteiger partial charge in [-0.1, -0.05) is 12.1 Å². The van der Waals surface area contributed by atoms with Crippen LogP contribution in [-0.4, -0.2) is 34.4 Å². The van der Waals surface area contributed by atoms with Crippen molar-refractivity contribution in [1.29, 1.82) is 0 Å². The first-order valence-corrected chi connectivity index (χ1v) is 9.03. The number of anilines is 2. The topological polar surface area (TPSA) is 77.8 Å². The number of fused-ring (bicyclic) bond motifs is 1. The molecular formula is C22H20N4O3. The number of hydrogen-bond donors (Lipinski definition) is 1. The molecule has 0 atom stereocenters. The van der Waals surface area contributed by atoms with Crippen LogP contribution >= 0.6 is 0 Å². The van der Waals surface area contributed by atoms with Crippen molar-refractivity contribution < 1.29 is 14.3 Å². The van der Waals surface area contributed by atoms with Gasteiger partial charge in [-0.2, -0.15) is 0 Å². The van der Waals surface area contributed by atoms with Gasteiger partial charge in [-0.3, -0.25) is 9.20 Å². The van der Waals surface area contributed by atoms with E-state index in [2.05, 4.69) is 10.3 Å². The molecule has 1 N–H and O–H groups in total. The van der Waals surface area contributed by atoms with Crippen LogP contribution in [0.3, 0.4) is 0 Å². The van der Waals surface area contributed by atoms with E-state index < -0.39 is 0 Å². The number of benzene rings is 2. The second kappa shape index (κ2) is 7.63. The van der Waals surface area contributed by atoms with Crippen molar-refractivity contribution >= 4 is 23.1 Å². The van der Waals surface area contributed by atoms with Gasteiger partial charge in [0.15, 0.2) is 17.3 Å². The molecule has 2 aromatic carbocycles. The largest absolute Gasteiger partial charge is 0.493 e. The fourth-order valence-corrected chi connectivity index (χ4v) is 3.10. The van der Waals surface area contributed by atoms with Crippen LogP contribution in [0.1, 0.15) is 17.3 Å². The molecule has 0 aliphatic heterocycles. The van der Waals surface area contributed by atoms with Crippen molar-refractivity contribution in [3.8, 4) is 22.8 Å². The fourth-order valence-electron chi connectivity index (χ4n) is 3.10. The van der Waals surface area contributed by atoms with Crippen LogP contribution in [0.25, 0.3) is 16.9 Å². The van der Waals surface area contributed by atoms with Crippen LogP contribution < -0.4 is 14.8 Å². The minimum Gasteiger partial charge on any atom is -0.493 e. The summed E-state index contributed by atoms with van der Waals surface area (Å²) in [5, 5.41) is 3.29. The molecule has 0 saturated carbocycles. The number of carbonyl (C=O) groups excluding carboxylic acids is 1. The molecule has 29 heavy (non-hydrogen) atoms. The van der Waals surface area contributed by atoms with E-state index in [1.165, 1.54) is 0 Å². The lowest BCUT2D eigenvalue weighted by Crippen LogP contribution is -2.03. The molecule has 0 unspecified atom stereocenters. The highest BCUT2D eigenvalue weighted by molar-refractivity contribution is 5.95. The summed E-state index contributed by atoms with van der Waals surface area (Å²) in [5.41, 5.74) is 3.75. The molecule has 4 aromatic rings. The second-order valence-corrected chi connectivity index (χ2v) is 6.45. The standard InChI is InChI=1S/C22H20N4O3/c1-14(27)15-5-4-6-17(11-15)24-22-25-18(13-21-23-9-10-26(21)22)16-7-8-19(28-2)20(12-16)29-3/h4-13H,1-3H3,(H,24,25). The summed E-state index contributed by atoms with van der Waals surface area (Å²) < 4.78 is 12.6. The summed E-state index contributed by atoms with van der Waals surface area (Å²) in [6, 6.07) is 14.9. The highest BCUT2D eigenvalue weighted by Gasteiger charge is 2.12. The highest BCUT2D eigenvalue weighted by atomic mass is 16.5. The normalized spacial score (nSPS) is 10.7. The molecule has 4 rings (SSSR count). The predicted molar refractivity (Wildman–Crippen MR) is 111 cm³/mol. The second-order valence-electron chi connectivity index (χ2n) is 6.45. The molecular weight excluding hydrogens is 368 g/mol. The highest BCUT2D eigenvalue weighted by Crippen LogP contribution is 2.32. The van der Waals surface area contributed by atoms with Gasteiger partial charge in [-0.05, 0) is 37.3 Å². The molecule has 0 radical (unpaired) electrons. The molecule has 0 fully saturated rings. The summed E-state index contributed by atoms with van der Waals surface area (Å²) in [6.45, 7) is 1.54. The summed E-state index contributed by atoms with van der Waals surface area (Å²) >= 11 is 0. The van der Waals surface area contributed by atoms with E-state index in [4.69, 9.17) is 14.5 Å². The van der Waals surface area contributed by atoms with Crippen molar-refractivity contribution in [3.05, 3.63) is 66.5 Å². The molecule has 7 nitrogen and oxygen atoms in total. The lowest BCUT2D eigenvalue weighted by atomic mass is 10.1. The molecule has 0 aliphatic carbocycles. The maximum Gasteiger partial charge on any atom is 0.213 e. The Morgan fingerprint density at radius 3 is 2.62 bits per heavy atom. The lowest BCUT2D eigenvalue weighted by Gasteiger charge is -2.13. The van der Waals surface area contributed by atoms with Gasteiger partial charge in [-0.15, -0.1) is 0 Å². The monoisotopic (exact) mass is 388 g/mol. The maximum atomic E-state index is 11.7. The minimum absolute atomic E-state index is 0.00784. The van der Waals surface area contributed by atoms with Gasteiger partial charge < -0.3 is 14.8 Å². The zero-order valence-corrected chi connectivity index (χ0v) is 16.3. The van der Waals surface area contributed by atoms with Crippen molar-refractivity contribution in [2.24, 2.45) is 0 Å². The molecule has 0 spiro atoms. The van der Waals surface area contributed by atoms with Crippen LogP contribution in [0.2, 0.25) is 0 Å². The van der Waals surface area contributed by atoms with E-state index in [0.29, 0.717) is 23.0 Å². The zero-order valence-electron chi connectivity index (χ0n) is 16.3. The number of hydrogen-bond acceptors (Lipinski definition) is 6.